The molecule has 59 valence electrons. The van der Waals surface area contributed by atoms with Gasteiger partial charge in [-0.1, -0.05) is 30.3 Å². The van der Waals surface area contributed by atoms with E-state index >= 15 is 0 Å². The van der Waals surface area contributed by atoms with Crippen molar-refractivity contribution < 1.29 is 0 Å². The van der Waals surface area contributed by atoms with Crippen LogP contribution in [0.4, 0.5) is 0 Å². The van der Waals surface area contributed by atoms with Crippen LogP contribution in [0.5, 0.6) is 0 Å². The molecule has 2 aromatic carbocycles. The minimum Gasteiger partial charge on any atom is -0.0610 e. The summed E-state index contributed by atoms with van der Waals surface area (Å²) in [7, 11) is 0. The zero-order valence-electron chi connectivity index (χ0n) is 7.39. The highest BCUT2D eigenvalue weighted by molar-refractivity contribution is 5.85. The molecular weight excluding hydrogens is 144 g/mol. The Labute approximate surface area is 72.8 Å². The van der Waals surface area contributed by atoms with Crippen LogP contribution in [-0.4, -0.2) is 0 Å². The predicted octanol–water partition coefficient (Wildman–Crippen LogP) is 3.26. The second-order valence-corrected chi connectivity index (χ2v) is 3.14. The zero-order valence-corrected chi connectivity index (χ0v) is 7.39. The lowest BCUT2D eigenvalue weighted by atomic mass is 10.0. The van der Waals surface area contributed by atoms with Crippen LogP contribution >= 0.6 is 0 Å². The molecule has 0 heterocycles. The Balaban J connectivity index is 2.91. The van der Waals surface area contributed by atoms with E-state index in [0.29, 0.717) is 0 Å². The monoisotopic (exact) mass is 155 g/mol. The number of rotatable bonds is 0. The summed E-state index contributed by atoms with van der Waals surface area (Å²) in [6.07, 6.45) is 0. The molecule has 1 radical (unpaired) electrons. The Bertz CT molecular complexity index is 413. The fraction of sp³-hybridized carbons (Fsp3) is 0.167. The lowest BCUT2D eigenvalue weighted by molar-refractivity contribution is 1.38. The first-order valence-corrected chi connectivity index (χ1v) is 4.15. The van der Waals surface area contributed by atoms with Gasteiger partial charge in [0.15, 0.2) is 0 Å². The highest BCUT2D eigenvalue weighted by atomic mass is 14.0. The van der Waals surface area contributed by atoms with Crippen LogP contribution in [0.2, 0.25) is 0 Å². The van der Waals surface area contributed by atoms with E-state index in [4.69, 9.17) is 0 Å². The first-order valence-electron chi connectivity index (χ1n) is 4.15. The molecule has 0 atom stereocenters. The lowest BCUT2D eigenvalue weighted by Crippen LogP contribution is -1.82. The summed E-state index contributed by atoms with van der Waals surface area (Å²) in [5.41, 5.74) is 2.71. The van der Waals surface area contributed by atoms with Gasteiger partial charge >= 0.3 is 0 Å². The highest BCUT2D eigenvalue weighted by Crippen LogP contribution is 2.20. The largest absolute Gasteiger partial charge is 0.0610 e. The molecule has 2 rings (SSSR count). The molecule has 0 aromatic heterocycles. The smallest absolute Gasteiger partial charge is 0.00991 e. The number of aryl methyl sites for hydroxylation is 2. The average molecular weight is 155 g/mol. The van der Waals surface area contributed by atoms with E-state index in [1.807, 2.05) is 12.1 Å². The summed E-state index contributed by atoms with van der Waals surface area (Å²) in [6, 6.07) is 13.6. The van der Waals surface area contributed by atoms with Gasteiger partial charge in [-0.05, 0) is 41.8 Å². The molecule has 0 spiro atoms. The zero-order chi connectivity index (χ0) is 8.55. The molecule has 0 saturated heterocycles. The quantitative estimate of drug-likeness (QED) is 0.547. The van der Waals surface area contributed by atoms with Crippen molar-refractivity contribution in [3.05, 3.63) is 47.5 Å². The van der Waals surface area contributed by atoms with Gasteiger partial charge in [0.1, 0.15) is 0 Å². The molecular formula is C12H11. The maximum absolute atomic E-state index is 3.22. The third-order valence-corrected chi connectivity index (χ3v) is 2.38. The van der Waals surface area contributed by atoms with Gasteiger partial charge in [-0.25, -0.2) is 0 Å². The minimum absolute atomic E-state index is 1.21. The molecule has 0 aliphatic rings. The first-order chi connectivity index (χ1) is 5.79. The van der Waals surface area contributed by atoms with Crippen molar-refractivity contribution in [2.75, 3.05) is 0 Å². The second kappa shape index (κ2) is 2.63. The van der Waals surface area contributed by atoms with E-state index in [9.17, 15) is 0 Å². The van der Waals surface area contributed by atoms with Crippen LogP contribution in [0.15, 0.2) is 30.3 Å². The van der Waals surface area contributed by atoms with Crippen molar-refractivity contribution >= 4 is 10.8 Å². The lowest BCUT2D eigenvalue weighted by Gasteiger charge is -2.03. The van der Waals surface area contributed by atoms with Gasteiger partial charge in [-0.3, -0.25) is 0 Å². The molecule has 0 bridgehead atoms. The van der Waals surface area contributed by atoms with Gasteiger partial charge in [0.2, 0.25) is 0 Å². The van der Waals surface area contributed by atoms with E-state index < -0.39 is 0 Å². The Morgan fingerprint density at radius 1 is 1.08 bits per heavy atom. The van der Waals surface area contributed by atoms with Crippen molar-refractivity contribution in [3.8, 4) is 0 Å². The van der Waals surface area contributed by atoms with Crippen LogP contribution in [0.3, 0.4) is 0 Å². The van der Waals surface area contributed by atoms with Crippen molar-refractivity contribution in [2.24, 2.45) is 0 Å². The third kappa shape index (κ3) is 1.00. The van der Waals surface area contributed by atoms with E-state index in [1.54, 1.807) is 0 Å². The normalized spacial score (nSPS) is 10.5. The summed E-state index contributed by atoms with van der Waals surface area (Å²) < 4.78 is 0. The van der Waals surface area contributed by atoms with Gasteiger partial charge in [-0.15, -0.1) is 0 Å². The van der Waals surface area contributed by atoms with Crippen LogP contribution in [0.25, 0.3) is 10.8 Å². The Kier molecular flexibility index (Phi) is 1.61. The number of hydrogen-bond acceptors (Lipinski definition) is 0. The van der Waals surface area contributed by atoms with E-state index in [2.05, 4.69) is 38.1 Å². The van der Waals surface area contributed by atoms with Crippen molar-refractivity contribution in [2.45, 2.75) is 13.8 Å². The summed E-state index contributed by atoms with van der Waals surface area (Å²) in [4.78, 5) is 0. The molecule has 0 nitrogen and oxygen atoms in total. The maximum Gasteiger partial charge on any atom is -0.00991 e. The van der Waals surface area contributed by atoms with Crippen LogP contribution in [0, 0.1) is 19.9 Å². The SMILES string of the molecule is Cc1ccc2[c]cccc2c1C. The molecule has 12 heavy (non-hydrogen) atoms. The van der Waals surface area contributed by atoms with Crippen LogP contribution < -0.4 is 0 Å². The highest BCUT2D eigenvalue weighted by Gasteiger charge is 1.97. The Hall–Kier alpha value is -1.30. The number of fused-ring (bicyclic) bond motifs is 1. The molecule has 0 saturated carbocycles. The fourth-order valence-corrected chi connectivity index (χ4v) is 1.46. The average Bonchev–Trinajstić information content (AvgIpc) is 2.12. The third-order valence-electron chi connectivity index (χ3n) is 2.38. The summed E-state index contributed by atoms with van der Waals surface area (Å²) in [5.74, 6) is 0. The molecule has 0 unspecified atom stereocenters. The summed E-state index contributed by atoms with van der Waals surface area (Å²) >= 11 is 0. The molecule has 0 amide bonds. The second-order valence-electron chi connectivity index (χ2n) is 3.14. The van der Waals surface area contributed by atoms with Crippen molar-refractivity contribution in [1.82, 2.24) is 0 Å². The first kappa shape index (κ1) is 7.35. The molecule has 2 aromatic rings. The van der Waals surface area contributed by atoms with Gasteiger partial charge in [-0.2, -0.15) is 0 Å². The van der Waals surface area contributed by atoms with Crippen molar-refractivity contribution in [1.29, 1.82) is 0 Å². The standard InChI is InChI=1S/C12H11/c1-9-7-8-11-5-3-4-6-12(11)10(9)2/h3-4,6-8H,1-2H3. The maximum atomic E-state index is 3.22. The number of hydrogen-bond donors (Lipinski definition) is 0. The molecule has 0 aliphatic carbocycles. The van der Waals surface area contributed by atoms with Gasteiger partial charge in [0, 0.05) is 0 Å². The molecule has 0 aliphatic heterocycles. The summed E-state index contributed by atoms with van der Waals surface area (Å²) in [6.45, 7) is 4.30. The molecule has 0 N–H and O–H groups in total. The van der Waals surface area contributed by atoms with E-state index in [-0.39, 0.29) is 0 Å². The molecule has 0 heteroatoms. The minimum atomic E-state index is 1.21. The summed E-state index contributed by atoms with van der Waals surface area (Å²) in [5, 5.41) is 2.53. The van der Waals surface area contributed by atoms with Crippen LogP contribution in [-0.2, 0) is 0 Å². The number of benzene rings is 2. The van der Waals surface area contributed by atoms with Gasteiger partial charge in [0.25, 0.3) is 0 Å². The van der Waals surface area contributed by atoms with Crippen molar-refractivity contribution in [3.63, 3.8) is 0 Å². The van der Waals surface area contributed by atoms with E-state index in [1.165, 1.54) is 21.9 Å². The van der Waals surface area contributed by atoms with Gasteiger partial charge in [0.05, 0.1) is 0 Å². The predicted molar refractivity (Wildman–Crippen MR) is 52.3 cm³/mol. The van der Waals surface area contributed by atoms with Gasteiger partial charge < -0.3 is 0 Å². The topological polar surface area (TPSA) is 0 Å². The van der Waals surface area contributed by atoms with E-state index in [0.717, 1.165) is 0 Å². The Morgan fingerprint density at radius 2 is 1.92 bits per heavy atom. The Morgan fingerprint density at radius 3 is 2.75 bits per heavy atom. The fourth-order valence-electron chi connectivity index (χ4n) is 1.46. The van der Waals surface area contributed by atoms with Crippen LogP contribution in [0.1, 0.15) is 11.1 Å². The molecule has 0 fully saturated rings.